The molecule has 19 heavy (non-hydrogen) atoms. The average Bonchev–Trinajstić information content (AvgIpc) is 2.86. The summed E-state index contributed by atoms with van der Waals surface area (Å²) in [7, 11) is 0. The topological polar surface area (TPSA) is 72.9 Å². The first-order chi connectivity index (χ1) is 9.26. The molecule has 0 bridgehead atoms. The van der Waals surface area contributed by atoms with Crippen molar-refractivity contribution in [1.29, 1.82) is 10.5 Å². The Hall–Kier alpha value is -2.11. The minimum Gasteiger partial charge on any atom is -0.378 e. The molecule has 0 aromatic carbocycles. The number of hydrogen-bond acceptors (Lipinski definition) is 5. The van der Waals surface area contributed by atoms with Crippen molar-refractivity contribution >= 4 is 5.82 Å². The molecule has 0 saturated carbocycles. The third-order valence-corrected chi connectivity index (χ3v) is 3.82. The Morgan fingerprint density at radius 1 is 1.16 bits per heavy atom. The van der Waals surface area contributed by atoms with Gasteiger partial charge in [-0.2, -0.15) is 10.5 Å². The van der Waals surface area contributed by atoms with Crippen molar-refractivity contribution in [2.24, 2.45) is 5.41 Å². The second kappa shape index (κ2) is 4.53. The van der Waals surface area contributed by atoms with E-state index in [4.69, 9.17) is 4.74 Å². The molecular formula is C14H14N4O. The molecule has 0 unspecified atom stereocenters. The van der Waals surface area contributed by atoms with E-state index in [1.807, 2.05) is 12.3 Å². The maximum absolute atomic E-state index is 9.19. The molecule has 1 saturated heterocycles. The summed E-state index contributed by atoms with van der Waals surface area (Å²) in [5.41, 5.74) is 1.22. The lowest BCUT2D eigenvalue weighted by atomic mass is 9.89. The van der Waals surface area contributed by atoms with Gasteiger partial charge in [0.25, 0.3) is 0 Å². The Morgan fingerprint density at radius 3 is 2.53 bits per heavy atom. The van der Waals surface area contributed by atoms with Gasteiger partial charge >= 0.3 is 0 Å². The number of rotatable bonds is 1. The SMILES string of the molecule is N#CC1(C#N)Cc2cnc(N3CCOCC3)cc2C1. The van der Waals surface area contributed by atoms with E-state index in [2.05, 4.69) is 22.0 Å². The van der Waals surface area contributed by atoms with Crippen LogP contribution >= 0.6 is 0 Å². The Balaban J connectivity index is 1.88. The van der Waals surface area contributed by atoms with Crippen LogP contribution in [0.2, 0.25) is 0 Å². The summed E-state index contributed by atoms with van der Waals surface area (Å²) in [6.07, 6.45) is 2.82. The first-order valence-corrected chi connectivity index (χ1v) is 6.39. The van der Waals surface area contributed by atoms with Crippen LogP contribution in [0.5, 0.6) is 0 Å². The van der Waals surface area contributed by atoms with Gasteiger partial charge in [0.15, 0.2) is 5.41 Å². The molecule has 96 valence electrons. The van der Waals surface area contributed by atoms with Gasteiger partial charge in [0.2, 0.25) is 0 Å². The number of anilines is 1. The van der Waals surface area contributed by atoms with E-state index >= 15 is 0 Å². The van der Waals surface area contributed by atoms with Crippen LogP contribution < -0.4 is 4.90 Å². The van der Waals surface area contributed by atoms with Crippen LogP contribution in [0.25, 0.3) is 0 Å². The third kappa shape index (κ3) is 2.03. The molecule has 1 aliphatic carbocycles. The summed E-state index contributed by atoms with van der Waals surface area (Å²) >= 11 is 0. The van der Waals surface area contributed by atoms with E-state index < -0.39 is 5.41 Å². The Labute approximate surface area is 112 Å². The van der Waals surface area contributed by atoms with Crippen LogP contribution in [0.1, 0.15) is 11.1 Å². The molecule has 2 aliphatic rings. The summed E-state index contributed by atoms with van der Waals surface area (Å²) in [4.78, 5) is 6.64. The van der Waals surface area contributed by atoms with E-state index in [0.717, 1.165) is 43.2 Å². The highest BCUT2D eigenvalue weighted by molar-refractivity contribution is 5.48. The Bertz CT molecular complexity index is 564. The highest BCUT2D eigenvalue weighted by atomic mass is 16.5. The van der Waals surface area contributed by atoms with Crippen LogP contribution in [0.15, 0.2) is 12.3 Å². The van der Waals surface area contributed by atoms with Crippen molar-refractivity contribution in [2.45, 2.75) is 12.8 Å². The zero-order valence-corrected chi connectivity index (χ0v) is 10.6. The standard InChI is InChI=1S/C14H14N4O/c15-9-14(10-16)6-11-5-13(17-8-12(11)7-14)18-1-3-19-4-2-18/h5,8H,1-4,6-7H2. The van der Waals surface area contributed by atoms with Gasteiger partial charge in [-0.15, -0.1) is 0 Å². The summed E-state index contributed by atoms with van der Waals surface area (Å²) in [5, 5.41) is 18.4. The van der Waals surface area contributed by atoms with Crippen LogP contribution in [0.3, 0.4) is 0 Å². The van der Waals surface area contributed by atoms with E-state index in [1.165, 1.54) is 0 Å². The van der Waals surface area contributed by atoms with Crippen molar-refractivity contribution in [1.82, 2.24) is 4.98 Å². The van der Waals surface area contributed by atoms with Crippen LogP contribution in [0, 0.1) is 28.1 Å². The number of fused-ring (bicyclic) bond motifs is 1. The zero-order chi connectivity index (χ0) is 13.3. The van der Waals surface area contributed by atoms with E-state index in [1.54, 1.807) is 0 Å². The van der Waals surface area contributed by atoms with Crippen LogP contribution in [-0.2, 0) is 17.6 Å². The predicted octanol–water partition coefficient (Wildman–Crippen LogP) is 1.05. The number of aromatic nitrogens is 1. The zero-order valence-electron chi connectivity index (χ0n) is 10.6. The average molecular weight is 254 g/mol. The molecule has 1 fully saturated rings. The van der Waals surface area contributed by atoms with E-state index in [9.17, 15) is 10.5 Å². The molecule has 0 radical (unpaired) electrons. The third-order valence-electron chi connectivity index (χ3n) is 3.82. The number of morpholine rings is 1. The predicted molar refractivity (Wildman–Crippen MR) is 68.3 cm³/mol. The van der Waals surface area contributed by atoms with Gasteiger partial charge in [-0.1, -0.05) is 0 Å². The second-order valence-electron chi connectivity index (χ2n) is 5.07. The normalized spacial score (nSPS) is 20.4. The van der Waals surface area contributed by atoms with Crippen molar-refractivity contribution in [3.63, 3.8) is 0 Å². The Kier molecular flexibility index (Phi) is 2.85. The molecule has 5 nitrogen and oxygen atoms in total. The van der Waals surface area contributed by atoms with Gasteiger partial charge in [-0.3, -0.25) is 0 Å². The van der Waals surface area contributed by atoms with E-state index in [-0.39, 0.29) is 0 Å². The second-order valence-corrected chi connectivity index (χ2v) is 5.07. The first-order valence-electron chi connectivity index (χ1n) is 6.39. The summed E-state index contributed by atoms with van der Waals surface area (Å²) in [5.74, 6) is 0.925. The quantitative estimate of drug-likeness (QED) is 0.749. The van der Waals surface area contributed by atoms with Gasteiger partial charge < -0.3 is 9.64 Å². The lowest BCUT2D eigenvalue weighted by Gasteiger charge is -2.28. The molecule has 1 aromatic heterocycles. The molecule has 0 amide bonds. The van der Waals surface area contributed by atoms with Gasteiger partial charge in [0, 0.05) is 32.1 Å². The van der Waals surface area contributed by atoms with E-state index in [0.29, 0.717) is 12.8 Å². The lowest BCUT2D eigenvalue weighted by molar-refractivity contribution is 0.122. The number of nitriles is 2. The molecule has 3 rings (SSSR count). The Morgan fingerprint density at radius 2 is 1.84 bits per heavy atom. The van der Waals surface area contributed by atoms with Crippen LogP contribution in [0.4, 0.5) is 5.82 Å². The van der Waals surface area contributed by atoms with Crippen LogP contribution in [-0.4, -0.2) is 31.3 Å². The number of pyridine rings is 1. The van der Waals surface area contributed by atoms with Gasteiger partial charge in [-0.25, -0.2) is 4.98 Å². The highest BCUT2D eigenvalue weighted by Crippen LogP contribution is 2.37. The first kappa shape index (κ1) is 12.0. The number of ether oxygens (including phenoxy) is 1. The maximum Gasteiger partial charge on any atom is 0.151 e. The molecule has 0 N–H and O–H groups in total. The molecular weight excluding hydrogens is 240 g/mol. The minimum atomic E-state index is -0.895. The molecule has 0 spiro atoms. The fourth-order valence-electron chi connectivity index (χ4n) is 2.70. The molecule has 1 aliphatic heterocycles. The number of hydrogen-bond donors (Lipinski definition) is 0. The highest BCUT2D eigenvalue weighted by Gasteiger charge is 2.38. The van der Waals surface area contributed by atoms with Crippen molar-refractivity contribution in [2.75, 3.05) is 31.2 Å². The maximum atomic E-state index is 9.19. The number of nitrogens with zero attached hydrogens (tertiary/aromatic N) is 4. The lowest BCUT2D eigenvalue weighted by Crippen LogP contribution is -2.36. The molecule has 2 heterocycles. The fourth-order valence-corrected chi connectivity index (χ4v) is 2.70. The molecule has 0 atom stereocenters. The largest absolute Gasteiger partial charge is 0.378 e. The van der Waals surface area contributed by atoms with Crippen molar-refractivity contribution < 1.29 is 4.74 Å². The smallest absolute Gasteiger partial charge is 0.151 e. The summed E-state index contributed by atoms with van der Waals surface area (Å²) < 4.78 is 5.33. The van der Waals surface area contributed by atoms with Gasteiger partial charge in [-0.05, 0) is 17.2 Å². The fraction of sp³-hybridized carbons (Fsp3) is 0.500. The monoisotopic (exact) mass is 254 g/mol. The summed E-state index contributed by atoms with van der Waals surface area (Å²) in [6.45, 7) is 3.12. The van der Waals surface area contributed by atoms with Crippen molar-refractivity contribution in [3.05, 3.63) is 23.4 Å². The van der Waals surface area contributed by atoms with Gasteiger partial charge in [0.05, 0.1) is 25.4 Å². The van der Waals surface area contributed by atoms with Crippen molar-refractivity contribution in [3.8, 4) is 12.1 Å². The molecule has 1 aromatic rings. The minimum absolute atomic E-state index is 0.492. The summed E-state index contributed by atoms with van der Waals surface area (Å²) in [6, 6.07) is 6.33. The molecule has 5 heteroatoms. The van der Waals surface area contributed by atoms with Gasteiger partial charge in [0.1, 0.15) is 5.82 Å².